The summed E-state index contributed by atoms with van der Waals surface area (Å²) in [4.78, 5) is 0. The van der Waals surface area contributed by atoms with Crippen molar-refractivity contribution in [3.8, 4) is 0 Å². The third-order valence-corrected chi connectivity index (χ3v) is 0.667. The van der Waals surface area contributed by atoms with E-state index < -0.39 is 18.5 Å². The number of hydrogen-bond acceptors (Lipinski definition) is 1. The molecule has 0 fully saturated rings. The second kappa shape index (κ2) is 3.69. The minimum atomic E-state index is -6.05. The molecule has 0 bridgehead atoms. The summed E-state index contributed by atoms with van der Waals surface area (Å²) in [5, 5.41) is 9.28. The molecule has 1 atom stereocenters. The molecular formula is C3HF6LiO. The van der Waals surface area contributed by atoms with E-state index in [-0.39, 0.29) is 18.9 Å². The van der Waals surface area contributed by atoms with Crippen molar-refractivity contribution in [3.05, 3.63) is 0 Å². The van der Waals surface area contributed by atoms with Crippen LogP contribution in [0.1, 0.15) is 0 Å². The number of alkyl halides is 6. The minimum absolute atomic E-state index is 0. The maximum Gasteiger partial charge on any atom is 1.00 e. The van der Waals surface area contributed by atoms with Gasteiger partial charge in [0.1, 0.15) is 0 Å². The van der Waals surface area contributed by atoms with E-state index in [4.69, 9.17) is 0 Å². The van der Waals surface area contributed by atoms with Crippen LogP contribution >= 0.6 is 0 Å². The van der Waals surface area contributed by atoms with Crippen LogP contribution in [0.15, 0.2) is 0 Å². The van der Waals surface area contributed by atoms with Gasteiger partial charge in [0.05, 0.1) is 0 Å². The molecule has 11 heavy (non-hydrogen) atoms. The Labute approximate surface area is 69.6 Å². The summed E-state index contributed by atoms with van der Waals surface area (Å²) in [6.07, 6.45) is -10.6. The topological polar surface area (TPSA) is 23.1 Å². The van der Waals surface area contributed by atoms with Crippen LogP contribution in [0.25, 0.3) is 0 Å². The largest absolute Gasteiger partial charge is 1.00 e. The molecule has 0 aliphatic rings. The molecule has 0 saturated heterocycles. The van der Waals surface area contributed by atoms with Crippen LogP contribution in [0.4, 0.5) is 26.3 Å². The summed E-state index contributed by atoms with van der Waals surface area (Å²) < 4.78 is 65.8. The maximum atomic E-state index is 11.3. The van der Waals surface area contributed by atoms with E-state index in [2.05, 4.69) is 0 Å². The summed E-state index contributed by atoms with van der Waals surface area (Å²) >= 11 is 0. The van der Waals surface area contributed by atoms with Gasteiger partial charge >= 0.3 is 25.0 Å². The van der Waals surface area contributed by atoms with Gasteiger partial charge in [-0.15, -0.1) is 0 Å². The molecule has 0 N–H and O–H groups in total. The van der Waals surface area contributed by atoms with Gasteiger partial charge in [-0.05, 0) is 0 Å². The van der Waals surface area contributed by atoms with Crippen LogP contribution in [0, 0.1) is 0 Å². The van der Waals surface area contributed by atoms with E-state index in [1.807, 2.05) is 0 Å². The smallest absolute Gasteiger partial charge is 0.813 e. The number of halogens is 6. The number of rotatable bonds is 1. The van der Waals surface area contributed by atoms with Crippen molar-refractivity contribution in [2.75, 3.05) is 0 Å². The van der Waals surface area contributed by atoms with E-state index in [9.17, 15) is 31.4 Å². The van der Waals surface area contributed by atoms with Crippen LogP contribution in [0.2, 0.25) is 0 Å². The zero-order valence-electron chi connectivity index (χ0n) is 5.25. The Morgan fingerprint density at radius 1 is 1.00 bits per heavy atom. The molecule has 1 unspecified atom stereocenters. The van der Waals surface area contributed by atoms with E-state index in [0.717, 1.165) is 0 Å². The second-order valence-electron chi connectivity index (χ2n) is 1.44. The van der Waals surface area contributed by atoms with Crippen LogP contribution in [-0.4, -0.2) is 18.5 Å². The molecule has 0 aromatic rings. The Morgan fingerprint density at radius 2 is 1.27 bits per heavy atom. The molecule has 0 spiro atoms. The fraction of sp³-hybridized carbons (Fsp3) is 1.00. The predicted molar refractivity (Wildman–Crippen MR) is 15.9 cm³/mol. The molecule has 0 aromatic heterocycles. The quantitative estimate of drug-likeness (QED) is 0.328. The normalized spacial score (nSPS) is 17.5. The van der Waals surface area contributed by atoms with Gasteiger partial charge in [0.25, 0.3) is 6.43 Å². The van der Waals surface area contributed by atoms with Gasteiger partial charge in [-0.3, -0.25) is 0 Å². The van der Waals surface area contributed by atoms with Gasteiger partial charge in [0.2, 0.25) is 0 Å². The first-order chi connectivity index (χ1) is 4.19. The zero-order valence-corrected chi connectivity index (χ0v) is 5.25. The molecule has 0 rings (SSSR count). The fourth-order valence-electron chi connectivity index (χ4n) is 0.124. The van der Waals surface area contributed by atoms with Gasteiger partial charge in [-0.1, -0.05) is 0 Å². The third-order valence-electron chi connectivity index (χ3n) is 0.667. The van der Waals surface area contributed by atoms with Crippen LogP contribution < -0.4 is 24.0 Å². The molecule has 0 amide bonds. The molecule has 0 aliphatic heterocycles. The van der Waals surface area contributed by atoms with Gasteiger partial charge in [0.15, 0.2) is 5.85 Å². The van der Waals surface area contributed by atoms with Crippen molar-refractivity contribution in [2.45, 2.75) is 18.5 Å². The minimum Gasteiger partial charge on any atom is -0.813 e. The second-order valence-corrected chi connectivity index (χ2v) is 1.44. The van der Waals surface area contributed by atoms with Gasteiger partial charge in [-0.25, -0.2) is 13.2 Å². The van der Waals surface area contributed by atoms with Gasteiger partial charge in [-0.2, -0.15) is 13.2 Å². The van der Waals surface area contributed by atoms with Crippen molar-refractivity contribution in [3.63, 3.8) is 0 Å². The van der Waals surface area contributed by atoms with E-state index >= 15 is 0 Å². The standard InChI is InChI=1S/C3HF6O.Li/c4-1(5)2(6,10)3(7,8)9;/h1H;/q-1;+1. The van der Waals surface area contributed by atoms with Crippen LogP contribution in [-0.2, 0) is 0 Å². The third kappa shape index (κ3) is 2.93. The maximum absolute atomic E-state index is 11.3. The van der Waals surface area contributed by atoms with E-state index in [1.54, 1.807) is 0 Å². The van der Waals surface area contributed by atoms with Crippen LogP contribution in [0.5, 0.6) is 0 Å². The summed E-state index contributed by atoms with van der Waals surface area (Å²) in [5.74, 6) is -5.65. The van der Waals surface area contributed by atoms with Crippen molar-refractivity contribution in [1.82, 2.24) is 0 Å². The van der Waals surface area contributed by atoms with Gasteiger partial charge < -0.3 is 5.11 Å². The average molecular weight is 174 g/mol. The summed E-state index contributed by atoms with van der Waals surface area (Å²) in [6, 6.07) is 0. The van der Waals surface area contributed by atoms with Crippen molar-refractivity contribution < 1.29 is 50.3 Å². The van der Waals surface area contributed by atoms with Crippen LogP contribution in [0.3, 0.4) is 0 Å². The molecule has 0 radical (unpaired) electrons. The Balaban J connectivity index is 0. The molecule has 0 heterocycles. The molecule has 0 saturated carbocycles. The predicted octanol–water partition coefficient (Wildman–Crippen LogP) is -2.16. The summed E-state index contributed by atoms with van der Waals surface area (Å²) in [6.45, 7) is 0. The molecule has 0 aliphatic carbocycles. The SMILES string of the molecule is [Li+].[O-]C(F)(C(F)F)C(F)(F)F. The molecule has 62 valence electrons. The zero-order chi connectivity index (χ0) is 8.58. The average Bonchev–Trinajstić information content (AvgIpc) is 1.62. The molecular weight excluding hydrogens is 173 g/mol. The Hall–Kier alpha value is 0.137. The Bertz CT molecular complexity index is 119. The fourth-order valence-corrected chi connectivity index (χ4v) is 0.124. The van der Waals surface area contributed by atoms with Crippen molar-refractivity contribution in [1.29, 1.82) is 0 Å². The van der Waals surface area contributed by atoms with Gasteiger partial charge in [0, 0.05) is 0 Å². The van der Waals surface area contributed by atoms with Crippen molar-refractivity contribution >= 4 is 0 Å². The molecule has 8 heteroatoms. The molecule has 0 aromatic carbocycles. The Morgan fingerprint density at radius 3 is 1.27 bits per heavy atom. The summed E-state index contributed by atoms with van der Waals surface area (Å²) in [5.41, 5.74) is 0. The first-order valence-electron chi connectivity index (χ1n) is 1.94. The first kappa shape index (κ1) is 13.7. The van der Waals surface area contributed by atoms with E-state index in [1.165, 1.54) is 0 Å². The molecule has 1 nitrogen and oxygen atoms in total. The monoisotopic (exact) mass is 174 g/mol. The number of hydrogen-bond donors (Lipinski definition) is 0. The first-order valence-corrected chi connectivity index (χ1v) is 1.94. The van der Waals surface area contributed by atoms with Crippen molar-refractivity contribution in [2.24, 2.45) is 0 Å². The van der Waals surface area contributed by atoms with E-state index in [0.29, 0.717) is 0 Å². The Kier molecular flexibility index (Phi) is 4.60. The summed E-state index contributed by atoms with van der Waals surface area (Å²) in [7, 11) is 0.